The minimum atomic E-state index is -1.11. The van der Waals surface area contributed by atoms with Crippen LogP contribution in [0.3, 0.4) is 0 Å². The van der Waals surface area contributed by atoms with E-state index < -0.39 is 11.9 Å². The lowest BCUT2D eigenvalue weighted by Gasteiger charge is -2.01. The van der Waals surface area contributed by atoms with Crippen LogP contribution in [0.25, 0.3) is 6.08 Å². The van der Waals surface area contributed by atoms with E-state index in [1.165, 1.54) is 18.2 Å². The number of carboxylic acids is 2. The molecule has 0 unspecified atom stereocenters. The fourth-order valence-corrected chi connectivity index (χ4v) is 1.40. The molecule has 1 rings (SSSR count). The van der Waals surface area contributed by atoms with Gasteiger partial charge in [0, 0.05) is 0 Å². The van der Waals surface area contributed by atoms with Gasteiger partial charge >= 0.3 is 11.9 Å². The highest BCUT2D eigenvalue weighted by Crippen LogP contribution is 2.22. The number of carbonyl (C=O) groups is 2. The molecule has 16 heavy (non-hydrogen) atoms. The van der Waals surface area contributed by atoms with Crippen molar-refractivity contribution >= 4 is 29.6 Å². The molecule has 0 amide bonds. The average Bonchev–Trinajstić information content (AvgIpc) is 2.19. The van der Waals surface area contributed by atoms with Gasteiger partial charge in [0.15, 0.2) is 0 Å². The molecule has 0 radical (unpaired) electrons. The number of hydrogen-bond donors (Lipinski definition) is 2. The molecular weight excluding hydrogens is 232 g/mol. The van der Waals surface area contributed by atoms with E-state index in [0.29, 0.717) is 5.56 Å². The van der Waals surface area contributed by atoms with Crippen LogP contribution in [0.5, 0.6) is 0 Å². The Bertz CT molecular complexity index is 451. The normalized spacial score (nSPS) is 10.6. The Morgan fingerprint density at radius 2 is 2.00 bits per heavy atom. The Balaban J connectivity index is 2.97. The predicted octanol–water partition coefficient (Wildman–Crippen LogP) is 2.53. The SMILES string of the molecule is O=C(O)CC=Cc1cccc(C(=O)O)c1Cl. The number of carboxylic acid groups (broad SMARTS) is 2. The first-order chi connectivity index (χ1) is 7.52. The molecule has 0 atom stereocenters. The number of aromatic carboxylic acids is 1. The number of aliphatic carboxylic acids is 1. The average molecular weight is 241 g/mol. The van der Waals surface area contributed by atoms with Gasteiger partial charge in [0.2, 0.25) is 0 Å². The minimum absolute atomic E-state index is 0.000795. The standard InChI is InChI=1S/C11H9ClO4/c12-10-7(4-2-6-9(13)14)3-1-5-8(10)11(15)16/h1-5H,6H2,(H,13,14)(H,15,16). The Labute approximate surface area is 96.8 Å². The van der Waals surface area contributed by atoms with Crippen molar-refractivity contribution in [2.75, 3.05) is 0 Å². The summed E-state index contributed by atoms with van der Waals surface area (Å²) >= 11 is 5.84. The number of hydrogen-bond acceptors (Lipinski definition) is 2. The lowest BCUT2D eigenvalue weighted by molar-refractivity contribution is -0.135. The number of halogens is 1. The van der Waals surface area contributed by atoms with E-state index in [4.69, 9.17) is 21.8 Å². The molecule has 0 aliphatic heterocycles. The Kier molecular flexibility index (Phi) is 4.08. The van der Waals surface area contributed by atoms with Gasteiger partial charge in [0.05, 0.1) is 17.0 Å². The summed E-state index contributed by atoms with van der Waals surface area (Å²) in [6, 6.07) is 4.56. The van der Waals surface area contributed by atoms with Crippen molar-refractivity contribution < 1.29 is 19.8 Å². The van der Waals surface area contributed by atoms with Gasteiger partial charge < -0.3 is 10.2 Å². The number of rotatable bonds is 4. The molecule has 84 valence electrons. The second-order valence-electron chi connectivity index (χ2n) is 3.01. The first-order valence-electron chi connectivity index (χ1n) is 4.42. The van der Waals surface area contributed by atoms with E-state index >= 15 is 0 Å². The van der Waals surface area contributed by atoms with Gasteiger partial charge in [-0.2, -0.15) is 0 Å². The molecule has 0 aromatic heterocycles. The third-order valence-corrected chi connectivity index (χ3v) is 2.27. The third kappa shape index (κ3) is 3.10. The van der Waals surface area contributed by atoms with Crippen molar-refractivity contribution in [3.05, 3.63) is 40.4 Å². The summed E-state index contributed by atoms with van der Waals surface area (Å²) in [5.74, 6) is -2.07. The lowest BCUT2D eigenvalue weighted by Crippen LogP contribution is -1.98. The fourth-order valence-electron chi connectivity index (χ4n) is 1.13. The second-order valence-corrected chi connectivity index (χ2v) is 3.39. The summed E-state index contributed by atoms with van der Waals surface area (Å²) in [6.45, 7) is 0. The smallest absolute Gasteiger partial charge is 0.337 e. The molecule has 1 aromatic rings. The van der Waals surface area contributed by atoms with Crippen LogP contribution in [0.15, 0.2) is 24.3 Å². The van der Waals surface area contributed by atoms with Gasteiger partial charge in [-0.25, -0.2) is 4.79 Å². The van der Waals surface area contributed by atoms with Crippen molar-refractivity contribution in [2.45, 2.75) is 6.42 Å². The molecule has 0 heterocycles. The van der Waals surface area contributed by atoms with Crippen LogP contribution in [-0.2, 0) is 4.79 Å². The van der Waals surface area contributed by atoms with Crippen LogP contribution >= 0.6 is 11.6 Å². The maximum absolute atomic E-state index is 10.8. The first-order valence-corrected chi connectivity index (χ1v) is 4.80. The maximum atomic E-state index is 10.8. The van der Waals surface area contributed by atoms with Crippen LogP contribution in [0, 0.1) is 0 Å². The molecule has 5 heteroatoms. The largest absolute Gasteiger partial charge is 0.481 e. The second kappa shape index (κ2) is 5.32. The quantitative estimate of drug-likeness (QED) is 0.848. The highest BCUT2D eigenvalue weighted by atomic mass is 35.5. The Hall–Kier alpha value is -1.81. The number of benzene rings is 1. The van der Waals surface area contributed by atoms with Crippen LogP contribution in [0.4, 0.5) is 0 Å². The van der Waals surface area contributed by atoms with Gasteiger partial charge in [-0.15, -0.1) is 0 Å². The molecule has 2 N–H and O–H groups in total. The summed E-state index contributed by atoms with van der Waals surface area (Å²) in [4.78, 5) is 21.0. The molecule has 0 bridgehead atoms. The van der Waals surface area contributed by atoms with Gasteiger partial charge in [-0.1, -0.05) is 35.9 Å². The fraction of sp³-hybridized carbons (Fsp3) is 0.0909. The van der Waals surface area contributed by atoms with E-state index in [1.54, 1.807) is 12.1 Å². The first kappa shape index (κ1) is 12.3. The summed E-state index contributed by atoms with van der Waals surface area (Å²) in [7, 11) is 0. The zero-order valence-corrected chi connectivity index (χ0v) is 8.94. The van der Waals surface area contributed by atoms with Crippen molar-refractivity contribution in [3.8, 4) is 0 Å². The summed E-state index contributed by atoms with van der Waals surface area (Å²) in [6.07, 6.45) is 2.77. The topological polar surface area (TPSA) is 74.6 Å². The Morgan fingerprint density at radius 3 is 2.56 bits per heavy atom. The summed E-state index contributed by atoms with van der Waals surface area (Å²) < 4.78 is 0. The van der Waals surface area contributed by atoms with E-state index in [1.807, 2.05) is 0 Å². The molecule has 0 saturated heterocycles. The molecule has 0 fully saturated rings. The van der Waals surface area contributed by atoms with E-state index in [2.05, 4.69) is 0 Å². The lowest BCUT2D eigenvalue weighted by atomic mass is 10.1. The monoisotopic (exact) mass is 240 g/mol. The molecule has 4 nitrogen and oxygen atoms in total. The molecular formula is C11H9ClO4. The molecule has 0 aliphatic rings. The molecule has 0 saturated carbocycles. The van der Waals surface area contributed by atoms with E-state index in [0.717, 1.165) is 0 Å². The van der Waals surface area contributed by atoms with Crippen LogP contribution in [-0.4, -0.2) is 22.2 Å². The molecule has 1 aromatic carbocycles. The van der Waals surface area contributed by atoms with Gasteiger partial charge in [0.1, 0.15) is 0 Å². The van der Waals surface area contributed by atoms with Crippen molar-refractivity contribution in [1.82, 2.24) is 0 Å². The zero-order chi connectivity index (χ0) is 12.1. The van der Waals surface area contributed by atoms with Gasteiger partial charge in [0.25, 0.3) is 0 Å². The summed E-state index contributed by atoms with van der Waals surface area (Å²) in [5.41, 5.74) is 0.488. The van der Waals surface area contributed by atoms with Crippen molar-refractivity contribution in [1.29, 1.82) is 0 Å². The van der Waals surface area contributed by atoms with Crippen LogP contribution in [0.1, 0.15) is 22.3 Å². The van der Waals surface area contributed by atoms with Crippen molar-refractivity contribution in [3.63, 3.8) is 0 Å². The molecule has 0 aliphatic carbocycles. The Morgan fingerprint density at radius 1 is 1.31 bits per heavy atom. The molecule has 0 spiro atoms. The van der Waals surface area contributed by atoms with Crippen molar-refractivity contribution in [2.24, 2.45) is 0 Å². The summed E-state index contributed by atoms with van der Waals surface area (Å²) in [5, 5.41) is 17.3. The van der Waals surface area contributed by atoms with Gasteiger partial charge in [-0.3, -0.25) is 4.79 Å². The van der Waals surface area contributed by atoms with Crippen LogP contribution in [0.2, 0.25) is 5.02 Å². The zero-order valence-electron chi connectivity index (χ0n) is 8.18. The minimum Gasteiger partial charge on any atom is -0.481 e. The van der Waals surface area contributed by atoms with E-state index in [-0.39, 0.29) is 17.0 Å². The highest BCUT2D eigenvalue weighted by Gasteiger charge is 2.09. The van der Waals surface area contributed by atoms with Crippen LogP contribution < -0.4 is 0 Å². The van der Waals surface area contributed by atoms with E-state index in [9.17, 15) is 9.59 Å². The van der Waals surface area contributed by atoms with Gasteiger partial charge in [-0.05, 0) is 11.6 Å². The maximum Gasteiger partial charge on any atom is 0.337 e. The highest BCUT2D eigenvalue weighted by molar-refractivity contribution is 6.34. The third-order valence-electron chi connectivity index (χ3n) is 1.85. The predicted molar refractivity (Wildman–Crippen MR) is 59.7 cm³/mol.